The minimum Gasteiger partial charge on any atom is -0.488 e. The fraction of sp³-hybridized carbons (Fsp3) is 0.243. The number of fused-ring (bicyclic) bond motifs is 2. The molecule has 0 fully saturated rings. The number of hydrogen-bond acceptors (Lipinski definition) is 5. The van der Waals surface area contributed by atoms with Gasteiger partial charge in [0.2, 0.25) is 0 Å². The van der Waals surface area contributed by atoms with Gasteiger partial charge in [0.05, 0.1) is 0 Å². The Kier molecular flexibility index (Phi) is 7.53. The topological polar surface area (TPSA) is 56.6 Å². The highest BCUT2D eigenvalue weighted by atomic mass is 16.6. The summed E-state index contributed by atoms with van der Waals surface area (Å²) < 4.78 is 15.6. The Morgan fingerprint density at radius 2 is 1.74 bits per heavy atom. The van der Waals surface area contributed by atoms with Crippen molar-refractivity contribution in [2.24, 2.45) is 0 Å². The third-order valence-corrected chi connectivity index (χ3v) is 8.61. The van der Waals surface area contributed by atoms with Gasteiger partial charge in [-0.3, -0.25) is 0 Å². The number of ether oxygens (including phenoxy) is 2. The molecule has 0 amide bonds. The first-order valence-corrected chi connectivity index (χ1v) is 15.0. The van der Waals surface area contributed by atoms with E-state index in [0.29, 0.717) is 18.1 Å². The van der Waals surface area contributed by atoms with Crippen molar-refractivity contribution in [3.63, 3.8) is 0 Å². The van der Waals surface area contributed by atoms with Crippen molar-refractivity contribution >= 4 is 28.6 Å². The van der Waals surface area contributed by atoms with Gasteiger partial charge in [0.15, 0.2) is 11.3 Å². The van der Waals surface area contributed by atoms with Crippen LogP contribution in [0.3, 0.4) is 0 Å². The number of cyclic esters (lactones) is 1. The third-order valence-electron chi connectivity index (χ3n) is 8.61. The number of carbonyl (C=O) groups is 1. The molecule has 1 unspecified atom stereocenters. The second-order valence-electron chi connectivity index (χ2n) is 10.8. The van der Waals surface area contributed by atoms with Crippen molar-refractivity contribution in [2.45, 2.75) is 46.4 Å². The Morgan fingerprint density at radius 3 is 2.47 bits per heavy atom. The molecule has 0 N–H and O–H groups in total. The first-order chi connectivity index (χ1) is 21.0. The highest BCUT2D eigenvalue weighted by Gasteiger charge is 2.53. The third kappa shape index (κ3) is 4.58. The van der Waals surface area contributed by atoms with Crippen LogP contribution >= 0.6 is 0 Å². The minimum absolute atomic E-state index is 0.328. The van der Waals surface area contributed by atoms with E-state index in [4.69, 9.17) is 9.47 Å². The second kappa shape index (κ2) is 11.4. The number of hydrogen-bond donors (Lipinski definition) is 0. The van der Waals surface area contributed by atoms with Crippen LogP contribution in [0.25, 0.3) is 17.0 Å². The lowest BCUT2D eigenvalue weighted by Crippen LogP contribution is -2.31. The summed E-state index contributed by atoms with van der Waals surface area (Å²) in [4.78, 5) is 20.4. The Hall–Kier alpha value is -4.84. The molecule has 3 heterocycles. The number of esters is 1. The number of aromatic nitrogens is 2. The molecule has 43 heavy (non-hydrogen) atoms. The van der Waals surface area contributed by atoms with Gasteiger partial charge in [-0.15, -0.1) is 0 Å². The van der Waals surface area contributed by atoms with Gasteiger partial charge < -0.3 is 18.9 Å². The SMILES string of the molecule is C=Cc1ccc(COc2cc(N(CC)CC)ccc2C2(c3c(C)n(CC)c4ccccc34)OC(=O)c3ncccc32)cc1. The number of anilines is 1. The summed E-state index contributed by atoms with van der Waals surface area (Å²) in [6.07, 6.45) is 3.47. The van der Waals surface area contributed by atoms with Crippen LogP contribution in [-0.2, 0) is 23.5 Å². The summed E-state index contributed by atoms with van der Waals surface area (Å²) in [7, 11) is 0. The van der Waals surface area contributed by atoms with Gasteiger partial charge in [0, 0.05) is 70.9 Å². The number of rotatable bonds is 10. The van der Waals surface area contributed by atoms with E-state index in [2.05, 4.69) is 91.2 Å². The van der Waals surface area contributed by atoms with E-state index in [9.17, 15) is 4.79 Å². The molecule has 1 aliphatic heterocycles. The molecule has 0 spiro atoms. The molecule has 6 rings (SSSR count). The molecule has 218 valence electrons. The van der Waals surface area contributed by atoms with E-state index < -0.39 is 11.6 Å². The van der Waals surface area contributed by atoms with Crippen LogP contribution in [0.2, 0.25) is 0 Å². The molecule has 0 saturated carbocycles. The van der Waals surface area contributed by atoms with Crippen molar-refractivity contribution < 1.29 is 14.3 Å². The van der Waals surface area contributed by atoms with Gasteiger partial charge in [0.1, 0.15) is 12.4 Å². The van der Waals surface area contributed by atoms with E-state index in [1.165, 1.54) is 0 Å². The smallest absolute Gasteiger partial charge is 0.358 e. The zero-order valence-corrected chi connectivity index (χ0v) is 25.3. The van der Waals surface area contributed by atoms with Crippen LogP contribution < -0.4 is 9.64 Å². The summed E-state index contributed by atoms with van der Waals surface area (Å²) in [5.74, 6) is 0.219. The normalized spacial score (nSPS) is 15.8. The van der Waals surface area contributed by atoms with E-state index in [1.807, 2.05) is 42.5 Å². The largest absolute Gasteiger partial charge is 0.488 e. The van der Waals surface area contributed by atoms with Crippen LogP contribution in [0.4, 0.5) is 5.69 Å². The molecule has 0 radical (unpaired) electrons. The first-order valence-electron chi connectivity index (χ1n) is 15.0. The second-order valence-corrected chi connectivity index (χ2v) is 10.8. The van der Waals surface area contributed by atoms with Crippen molar-refractivity contribution in [1.29, 1.82) is 0 Å². The zero-order valence-electron chi connectivity index (χ0n) is 25.3. The fourth-order valence-electron chi connectivity index (χ4n) is 6.52. The van der Waals surface area contributed by atoms with Gasteiger partial charge in [-0.05, 0) is 63.1 Å². The standard InChI is InChI=1S/C37H37N3O3/c1-6-26-16-18-27(19-17-26)24-42-33-23-28(39(7-2)8-3)20-21-30(33)37(31-14-12-22-38-35(31)36(41)43-37)34-25(5)40(9-4)32-15-11-10-13-29(32)34/h6,10-23H,1,7-9,24H2,2-5H3. The van der Waals surface area contributed by atoms with Crippen LogP contribution in [-0.4, -0.2) is 28.6 Å². The van der Waals surface area contributed by atoms with Gasteiger partial charge in [0.25, 0.3) is 0 Å². The Morgan fingerprint density at radius 1 is 0.977 bits per heavy atom. The Balaban J connectivity index is 1.63. The highest BCUT2D eigenvalue weighted by molar-refractivity contribution is 5.97. The minimum atomic E-state index is -1.26. The molecule has 0 bridgehead atoms. The number of nitrogens with zero attached hydrogens (tertiary/aromatic N) is 3. The van der Waals surface area contributed by atoms with Crippen LogP contribution in [0, 0.1) is 6.92 Å². The summed E-state index contributed by atoms with van der Waals surface area (Å²) in [5.41, 5.74) is 6.75. The van der Waals surface area contributed by atoms with Crippen molar-refractivity contribution in [3.05, 3.63) is 131 Å². The van der Waals surface area contributed by atoms with Crippen LogP contribution in [0.5, 0.6) is 5.75 Å². The molecule has 3 aromatic carbocycles. The molecular weight excluding hydrogens is 534 g/mol. The molecule has 6 nitrogen and oxygen atoms in total. The number of aryl methyl sites for hydroxylation is 1. The van der Waals surface area contributed by atoms with Gasteiger partial charge in [-0.2, -0.15) is 0 Å². The zero-order chi connectivity index (χ0) is 30.1. The molecule has 0 aliphatic carbocycles. The lowest BCUT2D eigenvalue weighted by atomic mass is 9.78. The maximum atomic E-state index is 13.6. The number of benzene rings is 3. The summed E-state index contributed by atoms with van der Waals surface area (Å²) >= 11 is 0. The van der Waals surface area contributed by atoms with Gasteiger partial charge in [-0.25, -0.2) is 9.78 Å². The van der Waals surface area contributed by atoms with Gasteiger partial charge >= 0.3 is 5.97 Å². The maximum Gasteiger partial charge on any atom is 0.358 e. The predicted molar refractivity (Wildman–Crippen MR) is 173 cm³/mol. The maximum absolute atomic E-state index is 13.6. The van der Waals surface area contributed by atoms with E-state index in [-0.39, 0.29) is 0 Å². The molecule has 0 saturated heterocycles. The molecule has 2 aromatic heterocycles. The highest BCUT2D eigenvalue weighted by Crippen LogP contribution is 2.53. The summed E-state index contributed by atoms with van der Waals surface area (Å²) in [5, 5.41) is 1.03. The molecule has 5 aromatic rings. The number of para-hydroxylation sites is 1. The average molecular weight is 572 g/mol. The number of carbonyl (C=O) groups excluding carboxylic acids is 1. The Labute approximate surface area is 253 Å². The quantitative estimate of drug-likeness (QED) is 0.160. The van der Waals surface area contributed by atoms with E-state index in [0.717, 1.165) is 69.7 Å². The predicted octanol–water partition coefficient (Wildman–Crippen LogP) is 7.90. The van der Waals surface area contributed by atoms with Crippen molar-refractivity contribution in [1.82, 2.24) is 9.55 Å². The average Bonchev–Trinajstić information content (AvgIpc) is 3.51. The Bertz CT molecular complexity index is 1820. The molecular formula is C37H37N3O3. The monoisotopic (exact) mass is 571 g/mol. The lowest BCUT2D eigenvalue weighted by molar-refractivity contribution is 0.0242. The van der Waals surface area contributed by atoms with E-state index in [1.54, 1.807) is 6.20 Å². The van der Waals surface area contributed by atoms with Crippen LogP contribution in [0.1, 0.15) is 64.8 Å². The molecule has 1 aliphatic rings. The fourth-order valence-corrected chi connectivity index (χ4v) is 6.52. The van der Waals surface area contributed by atoms with Crippen molar-refractivity contribution in [2.75, 3.05) is 18.0 Å². The summed E-state index contributed by atoms with van der Waals surface area (Å²) in [6, 6.07) is 26.6. The van der Waals surface area contributed by atoms with E-state index >= 15 is 0 Å². The first kappa shape index (κ1) is 28.3. The van der Waals surface area contributed by atoms with Crippen LogP contribution in [0.15, 0.2) is 91.6 Å². The van der Waals surface area contributed by atoms with Crippen molar-refractivity contribution in [3.8, 4) is 5.75 Å². The number of pyridine rings is 1. The molecule has 1 atom stereocenters. The van der Waals surface area contributed by atoms with Gasteiger partial charge in [-0.1, -0.05) is 61.2 Å². The molecule has 6 heteroatoms. The lowest BCUT2D eigenvalue weighted by Gasteiger charge is -2.33. The summed E-state index contributed by atoms with van der Waals surface area (Å²) in [6.45, 7) is 15.2.